The number of carbonyl (C=O) groups excluding carboxylic acids is 1. The molecule has 116 valence electrons. The zero-order chi connectivity index (χ0) is 15.8. The van der Waals surface area contributed by atoms with Gasteiger partial charge >= 0.3 is 12.0 Å². The summed E-state index contributed by atoms with van der Waals surface area (Å²) in [4.78, 5) is 24.7. The summed E-state index contributed by atoms with van der Waals surface area (Å²) in [5.74, 6) is -0.642. The summed E-state index contributed by atoms with van der Waals surface area (Å²) in [5.41, 5.74) is 0.752. The van der Waals surface area contributed by atoms with Gasteiger partial charge in [-0.05, 0) is 30.2 Å². The highest BCUT2D eigenvalue weighted by atomic mass is 16.5. The van der Waals surface area contributed by atoms with Gasteiger partial charge in [-0.25, -0.2) is 9.59 Å². The van der Waals surface area contributed by atoms with E-state index >= 15 is 0 Å². The second-order valence-electron chi connectivity index (χ2n) is 5.15. The van der Waals surface area contributed by atoms with Crippen molar-refractivity contribution < 1.29 is 19.4 Å². The molecule has 1 aromatic carbocycles. The van der Waals surface area contributed by atoms with Gasteiger partial charge in [0.25, 0.3) is 0 Å². The molecule has 0 spiro atoms. The van der Waals surface area contributed by atoms with Gasteiger partial charge in [-0.3, -0.25) is 0 Å². The summed E-state index contributed by atoms with van der Waals surface area (Å²) in [7, 11) is 1.59. The van der Waals surface area contributed by atoms with Crippen LogP contribution in [0.2, 0.25) is 0 Å². The number of carboxylic acids is 1. The molecule has 0 saturated carbocycles. The lowest BCUT2D eigenvalue weighted by atomic mass is 10.2. The average Bonchev–Trinajstić information content (AvgIpc) is 2.43. The summed E-state index contributed by atoms with van der Waals surface area (Å²) in [6.07, 6.45) is 0. The smallest absolute Gasteiger partial charge is 0.335 e. The minimum atomic E-state index is -0.991. The minimum Gasteiger partial charge on any atom is -0.478 e. The van der Waals surface area contributed by atoms with Gasteiger partial charge in [-0.2, -0.15) is 0 Å². The van der Waals surface area contributed by atoms with Crippen LogP contribution in [0.1, 0.15) is 24.2 Å². The van der Waals surface area contributed by atoms with E-state index in [2.05, 4.69) is 5.32 Å². The normalized spacial score (nSPS) is 10.5. The number of ether oxygens (including phenoxy) is 1. The fourth-order valence-electron chi connectivity index (χ4n) is 1.82. The van der Waals surface area contributed by atoms with Crippen molar-refractivity contribution in [2.24, 2.45) is 5.92 Å². The van der Waals surface area contributed by atoms with Crippen molar-refractivity contribution in [2.45, 2.75) is 13.8 Å². The number of amides is 2. The molecule has 0 aliphatic rings. The number of nitrogens with zero attached hydrogens (tertiary/aromatic N) is 1. The maximum Gasteiger partial charge on any atom is 0.335 e. The third-order valence-electron chi connectivity index (χ3n) is 2.82. The fourth-order valence-corrected chi connectivity index (χ4v) is 1.82. The molecule has 0 aliphatic carbocycles. The highest BCUT2D eigenvalue weighted by Crippen LogP contribution is 2.11. The van der Waals surface area contributed by atoms with Crippen LogP contribution in [0.25, 0.3) is 0 Å². The van der Waals surface area contributed by atoms with Gasteiger partial charge in [0.05, 0.1) is 12.2 Å². The number of carbonyl (C=O) groups is 2. The molecule has 0 atom stereocenters. The molecule has 1 rings (SSSR count). The van der Waals surface area contributed by atoms with E-state index in [1.165, 1.54) is 12.1 Å². The van der Waals surface area contributed by atoms with E-state index < -0.39 is 5.97 Å². The largest absolute Gasteiger partial charge is 0.478 e. The summed E-state index contributed by atoms with van der Waals surface area (Å²) < 4.78 is 5.01. The number of carboxylic acid groups (broad SMARTS) is 1. The molecule has 0 bridgehead atoms. The number of anilines is 1. The predicted molar refractivity (Wildman–Crippen MR) is 80.7 cm³/mol. The van der Waals surface area contributed by atoms with E-state index in [-0.39, 0.29) is 11.6 Å². The minimum absolute atomic E-state index is 0.186. The van der Waals surface area contributed by atoms with Crippen LogP contribution < -0.4 is 5.32 Å². The van der Waals surface area contributed by atoms with Crippen molar-refractivity contribution in [1.82, 2.24) is 4.90 Å². The number of hydrogen-bond donors (Lipinski definition) is 2. The molecule has 0 fully saturated rings. The maximum absolute atomic E-state index is 12.2. The van der Waals surface area contributed by atoms with E-state index in [9.17, 15) is 9.59 Å². The SMILES string of the molecule is COCCN(CC(C)C)C(=O)Nc1ccc(C(=O)O)cc1. The topological polar surface area (TPSA) is 78.9 Å². The molecule has 6 heteroatoms. The molecular weight excluding hydrogens is 272 g/mol. The third-order valence-corrected chi connectivity index (χ3v) is 2.82. The maximum atomic E-state index is 12.2. The Bertz CT molecular complexity index is 471. The molecular formula is C15H22N2O4. The summed E-state index contributed by atoms with van der Waals surface area (Å²) in [6.45, 7) is 5.68. The van der Waals surface area contributed by atoms with Crippen molar-refractivity contribution in [2.75, 3.05) is 32.1 Å². The zero-order valence-electron chi connectivity index (χ0n) is 12.6. The van der Waals surface area contributed by atoms with Crippen LogP contribution in [0.5, 0.6) is 0 Å². The number of urea groups is 1. The van der Waals surface area contributed by atoms with Crippen molar-refractivity contribution in [3.05, 3.63) is 29.8 Å². The van der Waals surface area contributed by atoms with Gasteiger partial charge in [0.1, 0.15) is 0 Å². The van der Waals surface area contributed by atoms with Crippen LogP contribution in [0.15, 0.2) is 24.3 Å². The summed E-state index contributed by atoms with van der Waals surface area (Å²) in [5, 5.41) is 11.6. The highest BCUT2D eigenvalue weighted by Gasteiger charge is 2.15. The van der Waals surface area contributed by atoms with Gasteiger partial charge in [0.15, 0.2) is 0 Å². The second-order valence-corrected chi connectivity index (χ2v) is 5.15. The van der Waals surface area contributed by atoms with Gasteiger partial charge in [0.2, 0.25) is 0 Å². The highest BCUT2D eigenvalue weighted by molar-refractivity contribution is 5.91. The van der Waals surface area contributed by atoms with Crippen LogP contribution in [0, 0.1) is 5.92 Å². The molecule has 0 heterocycles. The number of aromatic carboxylic acids is 1. The molecule has 0 saturated heterocycles. The molecule has 1 aromatic rings. The molecule has 0 aromatic heterocycles. The lowest BCUT2D eigenvalue weighted by Gasteiger charge is -2.24. The Balaban J connectivity index is 2.68. The van der Waals surface area contributed by atoms with Crippen molar-refractivity contribution in [3.63, 3.8) is 0 Å². The molecule has 21 heavy (non-hydrogen) atoms. The van der Waals surface area contributed by atoms with Crippen LogP contribution in [-0.4, -0.2) is 48.8 Å². The Morgan fingerprint density at radius 3 is 2.38 bits per heavy atom. The van der Waals surface area contributed by atoms with Crippen LogP contribution >= 0.6 is 0 Å². The Kier molecular flexibility index (Phi) is 6.68. The van der Waals surface area contributed by atoms with E-state index in [4.69, 9.17) is 9.84 Å². The molecule has 2 amide bonds. The Labute approximate surface area is 124 Å². The van der Waals surface area contributed by atoms with E-state index in [0.29, 0.717) is 31.3 Å². The molecule has 2 N–H and O–H groups in total. The lowest BCUT2D eigenvalue weighted by Crippen LogP contribution is -2.39. The number of methoxy groups -OCH3 is 1. The number of nitrogens with one attached hydrogen (secondary N) is 1. The standard InChI is InChI=1S/C15H22N2O4/c1-11(2)10-17(8-9-21-3)15(20)16-13-6-4-12(5-7-13)14(18)19/h4-7,11H,8-10H2,1-3H3,(H,16,20)(H,18,19). The first-order valence-electron chi connectivity index (χ1n) is 6.82. The summed E-state index contributed by atoms with van der Waals surface area (Å²) >= 11 is 0. The predicted octanol–water partition coefficient (Wildman–Crippen LogP) is 2.52. The first kappa shape index (κ1) is 17.0. The van der Waals surface area contributed by atoms with Crippen molar-refractivity contribution in [1.29, 1.82) is 0 Å². The van der Waals surface area contributed by atoms with Gasteiger partial charge in [-0.1, -0.05) is 13.8 Å². The monoisotopic (exact) mass is 294 g/mol. The average molecular weight is 294 g/mol. The van der Waals surface area contributed by atoms with Gasteiger partial charge in [-0.15, -0.1) is 0 Å². The molecule has 0 unspecified atom stereocenters. The molecule has 0 aliphatic heterocycles. The van der Waals surface area contributed by atoms with E-state index in [1.807, 2.05) is 13.8 Å². The second kappa shape index (κ2) is 8.26. The van der Waals surface area contributed by atoms with Crippen LogP contribution in [0.3, 0.4) is 0 Å². The van der Waals surface area contributed by atoms with Crippen LogP contribution in [0.4, 0.5) is 10.5 Å². The summed E-state index contributed by atoms with van der Waals surface area (Å²) in [6, 6.07) is 5.85. The fraction of sp³-hybridized carbons (Fsp3) is 0.467. The molecule has 6 nitrogen and oxygen atoms in total. The number of benzene rings is 1. The number of hydrogen-bond acceptors (Lipinski definition) is 3. The van der Waals surface area contributed by atoms with Crippen molar-refractivity contribution in [3.8, 4) is 0 Å². The zero-order valence-corrected chi connectivity index (χ0v) is 12.6. The lowest BCUT2D eigenvalue weighted by molar-refractivity contribution is 0.0697. The van der Waals surface area contributed by atoms with E-state index in [1.54, 1.807) is 24.1 Å². The molecule has 0 radical (unpaired) electrons. The van der Waals surface area contributed by atoms with Gasteiger partial charge < -0.3 is 20.1 Å². The Morgan fingerprint density at radius 1 is 1.29 bits per heavy atom. The van der Waals surface area contributed by atoms with Crippen molar-refractivity contribution >= 4 is 17.7 Å². The first-order valence-corrected chi connectivity index (χ1v) is 6.82. The number of rotatable bonds is 7. The van der Waals surface area contributed by atoms with Gasteiger partial charge in [0, 0.05) is 25.9 Å². The quantitative estimate of drug-likeness (QED) is 0.810. The first-order chi connectivity index (χ1) is 9.93. The van der Waals surface area contributed by atoms with Crippen LogP contribution in [-0.2, 0) is 4.74 Å². The van der Waals surface area contributed by atoms with E-state index in [0.717, 1.165) is 0 Å². The Hall–Kier alpha value is -2.08. The third kappa shape index (κ3) is 5.83. The Morgan fingerprint density at radius 2 is 1.90 bits per heavy atom.